The van der Waals surface area contributed by atoms with E-state index in [1.807, 2.05) is 6.92 Å². The summed E-state index contributed by atoms with van der Waals surface area (Å²) < 4.78 is 15.5. The third kappa shape index (κ3) is 3.16. The monoisotopic (exact) mass is 162 g/mol. The number of ether oxygens (including phenoxy) is 3. The summed E-state index contributed by atoms with van der Waals surface area (Å²) in [7, 11) is 0. The Labute approximate surface area is 66.1 Å². The van der Waals surface area contributed by atoms with Crippen LogP contribution in [0.3, 0.4) is 0 Å². The molecule has 1 N–H and O–H groups in total. The van der Waals surface area contributed by atoms with Gasteiger partial charge in [-0.25, -0.2) is 0 Å². The molecule has 0 amide bonds. The maximum atomic E-state index is 8.40. The Morgan fingerprint density at radius 3 is 3.00 bits per heavy atom. The first kappa shape index (κ1) is 8.93. The van der Waals surface area contributed by atoms with E-state index in [4.69, 9.17) is 19.3 Å². The van der Waals surface area contributed by atoms with Crippen LogP contribution in [0.4, 0.5) is 0 Å². The van der Waals surface area contributed by atoms with Crippen LogP contribution < -0.4 is 0 Å². The fraction of sp³-hybridized carbons (Fsp3) is 1.00. The number of hydrogen-bond acceptors (Lipinski definition) is 4. The van der Waals surface area contributed by atoms with Gasteiger partial charge in [0.15, 0.2) is 6.29 Å². The van der Waals surface area contributed by atoms with Gasteiger partial charge in [-0.05, 0) is 6.92 Å². The van der Waals surface area contributed by atoms with Crippen molar-refractivity contribution in [2.75, 3.05) is 26.4 Å². The van der Waals surface area contributed by atoms with E-state index in [2.05, 4.69) is 0 Å². The summed E-state index contributed by atoms with van der Waals surface area (Å²) in [5.41, 5.74) is 0. The highest BCUT2D eigenvalue weighted by Gasteiger charge is 2.21. The molecular weight excluding hydrogens is 148 g/mol. The van der Waals surface area contributed by atoms with Crippen LogP contribution >= 0.6 is 0 Å². The Morgan fingerprint density at radius 2 is 2.45 bits per heavy atom. The predicted octanol–water partition coefficient (Wildman–Crippen LogP) is -0.243. The van der Waals surface area contributed by atoms with Crippen LogP contribution in [0.25, 0.3) is 0 Å². The van der Waals surface area contributed by atoms with Crippen molar-refractivity contribution < 1.29 is 19.3 Å². The van der Waals surface area contributed by atoms with Gasteiger partial charge in [-0.2, -0.15) is 0 Å². The summed E-state index contributed by atoms with van der Waals surface area (Å²) in [6, 6.07) is 0. The average molecular weight is 162 g/mol. The van der Waals surface area contributed by atoms with Crippen molar-refractivity contribution >= 4 is 0 Å². The van der Waals surface area contributed by atoms with E-state index in [0.717, 1.165) is 0 Å². The average Bonchev–Trinajstić information content (AvgIpc) is 2.37. The van der Waals surface area contributed by atoms with Gasteiger partial charge >= 0.3 is 0 Å². The van der Waals surface area contributed by atoms with Gasteiger partial charge in [-0.3, -0.25) is 0 Å². The molecule has 1 rings (SSSR count). The van der Waals surface area contributed by atoms with E-state index in [1.54, 1.807) is 0 Å². The van der Waals surface area contributed by atoms with Gasteiger partial charge in [0.25, 0.3) is 0 Å². The number of aliphatic hydroxyl groups is 1. The molecule has 1 saturated heterocycles. The summed E-state index contributed by atoms with van der Waals surface area (Å²) >= 11 is 0. The van der Waals surface area contributed by atoms with Gasteiger partial charge in [0.2, 0.25) is 0 Å². The van der Waals surface area contributed by atoms with Crippen molar-refractivity contribution in [3.05, 3.63) is 0 Å². The first-order chi connectivity index (χ1) is 5.33. The molecule has 0 saturated carbocycles. The molecule has 1 aliphatic heterocycles. The van der Waals surface area contributed by atoms with Crippen LogP contribution in [-0.2, 0) is 14.2 Å². The lowest BCUT2D eigenvalue weighted by Gasteiger charge is -2.07. The Kier molecular flexibility index (Phi) is 3.79. The third-order valence-corrected chi connectivity index (χ3v) is 1.44. The van der Waals surface area contributed by atoms with E-state index in [0.29, 0.717) is 19.8 Å². The molecule has 66 valence electrons. The zero-order valence-electron chi connectivity index (χ0n) is 6.66. The molecule has 0 aliphatic carbocycles. The van der Waals surface area contributed by atoms with Gasteiger partial charge < -0.3 is 19.3 Å². The highest BCUT2D eigenvalue weighted by atomic mass is 16.7. The Morgan fingerprint density at radius 1 is 1.64 bits per heavy atom. The first-order valence-corrected chi connectivity index (χ1v) is 3.78. The van der Waals surface area contributed by atoms with Gasteiger partial charge in [0, 0.05) is 0 Å². The minimum absolute atomic E-state index is 0.0385. The third-order valence-electron chi connectivity index (χ3n) is 1.44. The lowest BCUT2D eigenvalue weighted by atomic mass is 10.4. The number of rotatable bonds is 4. The van der Waals surface area contributed by atoms with E-state index in [9.17, 15) is 0 Å². The van der Waals surface area contributed by atoms with Gasteiger partial charge in [-0.15, -0.1) is 0 Å². The minimum Gasteiger partial charge on any atom is -0.394 e. The van der Waals surface area contributed by atoms with Gasteiger partial charge in [0.05, 0.1) is 26.4 Å². The summed E-state index contributed by atoms with van der Waals surface area (Å²) in [4.78, 5) is 0. The molecule has 0 aromatic rings. The summed E-state index contributed by atoms with van der Waals surface area (Å²) in [5, 5.41) is 8.40. The van der Waals surface area contributed by atoms with Crippen molar-refractivity contribution in [1.29, 1.82) is 0 Å². The maximum absolute atomic E-state index is 8.40. The lowest BCUT2D eigenvalue weighted by Crippen LogP contribution is -2.19. The molecule has 0 spiro atoms. The fourth-order valence-corrected chi connectivity index (χ4v) is 0.959. The minimum atomic E-state index is -0.113. The SMILES string of the molecule is C[C@H]1OC[C@@H](COCCO)O1. The highest BCUT2D eigenvalue weighted by molar-refractivity contribution is 4.61. The Balaban J connectivity index is 1.99. The smallest absolute Gasteiger partial charge is 0.155 e. The molecule has 0 aromatic heterocycles. The Hall–Kier alpha value is -0.160. The van der Waals surface area contributed by atoms with Gasteiger partial charge in [0.1, 0.15) is 6.10 Å². The normalized spacial score (nSPS) is 31.1. The van der Waals surface area contributed by atoms with Crippen LogP contribution in [0.5, 0.6) is 0 Å². The molecule has 0 radical (unpaired) electrons. The van der Waals surface area contributed by atoms with Crippen molar-refractivity contribution in [3.8, 4) is 0 Å². The molecule has 0 unspecified atom stereocenters. The Bertz CT molecular complexity index is 107. The molecule has 0 aromatic carbocycles. The second kappa shape index (κ2) is 4.66. The lowest BCUT2D eigenvalue weighted by molar-refractivity contribution is -0.0600. The fourth-order valence-electron chi connectivity index (χ4n) is 0.959. The summed E-state index contributed by atoms with van der Waals surface area (Å²) in [6.07, 6.45) is -0.0747. The molecular formula is C7H14O4. The van der Waals surface area contributed by atoms with Crippen molar-refractivity contribution in [2.45, 2.75) is 19.3 Å². The zero-order valence-corrected chi connectivity index (χ0v) is 6.66. The molecule has 4 nitrogen and oxygen atoms in total. The van der Waals surface area contributed by atoms with Crippen LogP contribution in [-0.4, -0.2) is 43.9 Å². The van der Waals surface area contributed by atoms with Gasteiger partial charge in [-0.1, -0.05) is 0 Å². The largest absolute Gasteiger partial charge is 0.394 e. The van der Waals surface area contributed by atoms with E-state index in [-0.39, 0.29) is 19.0 Å². The van der Waals surface area contributed by atoms with Crippen LogP contribution in [0.1, 0.15) is 6.92 Å². The van der Waals surface area contributed by atoms with Crippen LogP contribution in [0, 0.1) is 0 Å². The van der Waals surface area contributed by atoms with E-state index in [1.165, 1.54) is 0 Å². The molecule has 1 heterocycles. The summed E-state index contributed by atoms with van der Waals surface area (Å²) in [5.74, 6) is 0. The van der Waals surface area contributed by atoms with E-state index >= 15 is 0 Å². The molecule has 2 atom stereocenters. The predicted molar refractivity (Wildman–Crippen MR) is 38.2 cm³/mol. The number of hydrogen-bond donors (Lipinski definition) is 1. The standard InChI is InChI=1S/C7H14O4/c1-6-10-5-7(11-6)4-9-3-2-8/h6-8H,2-5H2,1H3/t6-,7+/m0/s1. The van der Waals surface area contributed by atoms with Crippen LogP contribution in [0.2, 0.25) is 0 Å². The quantitative estimate of drug-likeness (QED) is 0.579. The second-order valence-electron chi connectivity index (χ2n) is 2.46. The van der Waals surface area contributed by atoms with E-state index < -0.39 is 0 Å². The topological polar surface area (TPSA) is 47.9 Å². The second-order valence-corrected chi connectivity index (χ2v) is 2.46. The molecule has 11 heavy (non-hydrogen) atoms. The summed E-state index contributed by atoms with van der Waals surface area (Å²) in [6.45, 7) is 3.38. The maximum Gasteiger partial charge on any atom is 0.155 e. The van der Waals surface area contributed by atoms with Crippen molar-refractivity contribution in [1.82, 2.24) is 0 Å². The molecule has 4 heteroatoms. The number of aliphatic hydroxyl groups excluding tert-OH is 1. The molecule has 1 fully saturated rings. The molecule has 0 bridgehead atoms. The zero-order chi connectivity index (χ0) is 8.10. The van der Waals surface area contributed by atoms with Crippen molar-refractivity contribution in [3.63, 3.8) is 0 Å². The molecule has 1 aliphatic rings. The van der Waals surface area contributed by atoms with Crippen LogP contribution in [0.15, 0.2) is 0 Å². The first-order valence-electron chi connectivity index (χ1n) is 3.78. The highest BCUT2D eigenvalue weighted by Crippen LogP contribution is 2.10. The van der Waals surface area contributed by atoms with Crippen molar-refractivity contribution in [2.24, 2.45) is 0 Å².